The first kappa shape index (κ1) is 23.0. The summed E-state index contributed by atoms with van der Waals surface area (Å²) in [5, 5.41) is 2.58. The second-order valence-electron chi connectivity index (χ2n) is 6.83. The van der Waals surface area contributed by atoms with E-state index in [0.717, 1.165) is 16.6 Å². The molecule has 0 saturated carbocycles. The molecule has 0 aliphatic heterocycles. The van der Waals surface area contributed by atoms with Crippen LogP contribution in [0.25, 0.3) is 0 Å². The zero-order valence-electron chi connectivity index (χ0n) is 15.7. The molecule has 0 fully saturated rings. The fourth-order valence-electron chi connectivity index (χ4n) is 2.33. The molecule has 9 heteroatoms. The zero-order chi connectivity index (χ0) is 20.1. The predicted molar refractivity (Wildman–Crippen MR) is 108 cm³/mol. The highest BCUT2D eigenvalue weighted by Gasteiger charge is 2.31. The first-order valence-electron chi connectivity index (χ1n) is 8.23. The van der Waals surface area contributed by atoms with Gasteiger partial charge in [-0.15, -0.1) is 0 Å². The van der Waals surface area contributed by atoms with Gasteiger partial charge in [0.05, 0.1) is 17.0 Å². The summed E-state index contributed by atoms with van der Waals surface area (Å²) in [6.45, 7) is 8.39. The molecule has 0 spiro atoms. The smallest absolute Gasteiger partial charge is 0.243 e. The Labute approximate surface area is 164 Å². The van der Waals surface area contributed by atoms with Crippen molar-refractivity contribution >= 4 is 45.0 Å². The van der Waals surface area contributed by atoms with Crippen LogP contribution in [0, 0.1) is 5.82 Å². The Kier molecular flexibility index (Phi) is 8.23. The van der Waals surface area contributed by atoms with E-state index in [9.17, 15) is 17.6 Å². The number of carbonyl (C=O) groups is 1. The third kappa shape index (κ3) is 6.96. The van der Waals surface area contributed by atoms with Crippen molar-refractivity contribution in [3.8, 4) is 0 Å². The number of hydrogen-bond acceptors (Lipinski definition) is 4. The SMILES string of the molecule is CC[C@H](C(=O)NCCSC(C)(C)C)N(c1ccc(F)c(Cl)c1)S(C)(=O)=O. The molecule has 1 amide bonds. The molecule has 1 N–H and O–H groups in total. The monoisotopic (exact) mass is 424 g/mol. The van der Waals surface area contributed by atoms with E-state index in [1.807, 2.05) is 0 Å². The number of nitrogens with zero attached hydrogens (tertiary/aromatic N) is 1. The van der Waals surface area contributed by atoms with E-state index >= 15 is 0 Å². The van der Waals surface area contributed by atoms with Crippen molar-refractivity contribution < 1.29 is 17.6 Å². The summed E-state index contributed by atoms with van der Waals surface area (Å²) in [5.41, 5.74) is 0.157. The van der Waals surface area contributed by atoms with Crippen molar-refractivity contribution in [3.63, 3.8) is 0 Å². The highest BCUT2D eigenvalue weighted by Crippen LogP contribution is 2.27. The summed E-state index contributed by atoms with van der Waals surface area (Å²) in [5.74, 6) is -0.333. The van der Waals surface area contributed by atoms with Crippen LogP contribution in [0.4, 0.5) is 10.1 Å². The van der Waals surface area contributed by atoms with E-state index in [4.69, 9.17) is 11.6 Å². The molecule has 1 aromatic rings. The summed E-state index contributed by atoms with van der Waals surface area (Å²) in [6, 6.07) is 2.66. The van der Waals surface area contributed by atoms with Gasteiger partial charge in [0, 0.05) is 17.0 Å². The van der Waals surface area contributed by atoms with Gasteiger partial charge in [0.25, 0.3) is 0 Å². The molecule has 1 atom stereocenters. The van der Waals surface area contributed by atoms with Crippen LogP contribution in [0.3, 0.4) is 0 Å². The van der Waals surface area contributed by atoms with Gasteiger partial charge in [0.2, 0.25) is 15.9 Å². The molecule has 1 aromatic carbocycles. The molecule has 26 heavy (non-hydrogen) atoms. The standard InChI is InChI=1S/C17H26ClFN2O3S2/c1-6-15(16(22)20-9-10-25-17(2,3)4)21(26(5,23)24)12-7-8-14(19)13(18)11-12/h7-8,11,15H,6,9-10H2,1-5H3,(H,20,22)/t15-/m1/s1. The van der Waals surface area contributed by atoms with E-state index in [2.05, 4.69) is 26.1 Å². The fraction of sp³-hybridized carbons (Fsp3) is 0.588. The van der Waals surface area contributed by atoms with Gasteiger partial charge < -0.3 is 5.32 Å². The van der Waals surface area contributed by atoms with E-state index < -0.39 is 27.8 Å². The summed E-state index contributed by atoms with van der Waals surface area (Å²) in [6.07, 6.45) is 1.27. The molecule has 0 radical (unpaired) electrons. The molecular formula is C17H26ClFN2O3S2. The Balaban J connectivity index is 2.99. The lowest BCUT2D eigenvalue weighted by Gasteiger charge is -2.30. The van der Waals surface area contributed by atoms with Crippen molar-refractivity contribution in [2.75, 3.05) is 22.9 Å². The zero-order valence-corrected chi connectivity index (χ0v) is 18.1. The first-order chi connectivity index (χ1) is 11.9. The Morgan fingerprint density at radius 1 is 1.38 bits per heavy atom. The Hall–Kier alpha value is -0.990. The quantitative estimate of drug-likeness (QED) is 0.646. The summed E-state index contributed by atoms with van der Waals surface area (Å²) < 4.78 is 39.1. The van der Waals surface area contributed by atoms with Gasteiger partial charge in [-0.1, -0.05) is 39.3 Å². The number of sulfonamides is 1. The lowest BCUT2D eigenvalue weighted by Crippen LogP contribution is -2.49. The van der Waals surface area contributed by atoms with Gasteiger partial charge >= 0.3 is 0 Å². The minimum absolute atomic E-state index is 0.0819. The molecule has 0 aromatic heterocycles. The maximum Gasteiger partial charge on any atom is 0.243 e. The number of halogens is 2. The second kappa shape index (κ2) is 9.28. The Morgan fingerprint density at radius 3 is 2.46 bits per heavy atom. The van der Waals surface area contributed by atoms with Gasteiger partial charge in [-0.2, -0.15) is 11.8 Å². The van der Waals surface area contributed by atoms with Gasteiger partial charge in [0.1, 0.15) is 11.9 Å². The molecule has 0 bridgehead atoms. The number of amides is 1. The minimum Gasteiger partial charge on any atom is -0.353 e. The van der Waals surface area contributed by atoms with Crippen LogP contribution >= 0.6 is 23.4 Å². The largest absolute Gasteiger partial charge is 0.353 e. The summed E-state index contributed by atoms with van der Waals surface area (Å²) in [7, 11) is -3.77. The molecule has 0 heterocycles. The van der Waals surface area contributed by atoms with Crippen LogP contribution in [0.5, 0.6) is 0 Å². The average Bonchev–Trinajstić information content (AvgIpc) is 2.49. The minimum atomic E-state index is -3.77. The lowest BCUT2D eigenvalue weighted by atomic mass is 10.2. The number of hydrogen-bond donors (Lipinski definition) is 1. The highest BCUT2D eigenvalue weighted by molar-refractivity contribution is 8.00. The molecular weight excluding hydrogens is 399 g/mol. The average molecular weight is 425 g/mol. The number of nitrogens with one attached hydrogen (secondary N) is 1. The number of carbonyl (C=O) groups excluding carboxylic acids is 1. The van der Waals surface area contributed by atoms with Crippen molar-refractivity contribution in [1.82, 2.24) is 5.32 Å². The van der Waals surface area contributed by atoms with Gasteiger partial charge in [0.15, 0.2) is 0 Å². The lowest BCUT2D eigenvalue weighted by molar-refractivity contribution is -0.122. The van der Waals surface area contributed by atoms with Crippen LogP contribution in [0.15, 0.2) is 18.2 Å². The molecule has 0 unspecified atom stereocenters. The topological polar surface area (TPSA) is 66.5 Å². The molecule has 1 rings (SSSR count). The molecule has 0 saturated heterocycles. The Bertz CT molecular complexity index is 736. The van der Waals surface area contributed by atoms with Gasteiger partial charge in [-0.3, -0.25) is 9.10 Å². The van der Waals surface area contributed by atoms with E-state index in [1.54, 1.807) is 18.7 Å². The van der Waals surface area contributed by atoms with Crippen LogP contribution in [-0.4, -0.2) is 43.7 Å². The normalized spacial score (nSPS) is 13.3. The Morgan fingerprint density at radius 2 is 2.00 bits per heavy atom. The third-order valence-corrected chi connectivity index (χ3v) is 6.17. The van der Waals surface area contributed by atoms with E-state index in [1.165, 1.54) is 12.1 Å². The number of anilines is 1. The number of rotatable bonds is 8. The van der Waals surface area contributed by atoms with Crippen LogP contribution in [0.2, 0.25) is 5.02 Å². The molecule has 148 valence electrons. The van der Waals surface area contributed by atoms with Crippen molar-refractivity contribution in [1.29, 1.82) is 0 Å². The third-order valence-electron chi connectivity index (χ3n) is 3.42. The van der Waals surface area contributed by atoms with E-state index in [-0.39, 0.29) is 21.9 Å². The van der Waals surface area contributed by atoms with Gasteiger partial charge in [-0.05, 0) is 24.6 Å². The van der Waals surface area contributed by atoms with E-state index in [0.29, 0.717) is 12.3 Å². The molecule has 0 aliphatic rings. The summed E-state index contributed by atoms with van der Waals surface area (Å²) in [4.78, 5) is 12.6. The number of benzene rings is 1. The van der Waals surface area contributed by atoms with Crippen LogP contribution < -0.4 is 9.62 Å². The molecule has 0 aliphatic carbocycles. The fourth-order valence-corrected chi connectivity index (χ4v) is 4.53. The van der Waals surface area contributed by atoms with Gasteiger partial charge in [-0.25, -0.2) is 12.8 Å². The second-order valence-corrected chi connectivity index (χ2v) is 11.0. The predicted octanol–water partition coefficient (Wildman–Crippen LogP) is 3.67. The maximum atomic E-state index is 13.4. The summed E-state index contributed by atoms with van der Waals surface area (Å²) >= 11 is 7.48. The van der Waals surface area contributed by atoms with Crippen molar-refractivity contribution in [2.45, 2.75) is 44.9 Å². The van der Waals surface area contributed by atoms with Crippen LogP contribution in [-0.2, 0) is 14.8 Å². The molecule has 5 nitrogen and oxygen atoms in total. The maximum absolute atomic E-state index is 13.4. The number of thioether (sulfide) groups is 1. The van der Waals surface area contributed by atoms with Crippen molar-refractivity contribution in [2.24, 2.45) is 0 Å². The van der Waals surface area contributed by atoms with Crippen LogP contribution in [0.1, 0.15) is 34.1 Å². The van der Waals surface area contributed by atoms with Crippen molar-refractivity contribution in [3.05, 3.63) is 29.0 Å². The highest BCUT2D eigenvalue weighted by atomic mass is 35.5. The first-order valence-corrected chi connectivity index (χ1v) is 11.4.